The van der Waals surface area contributed by atoms with Gasteiger partial charge in [0.15, 0.2) is 0 Å². The Morgan fingerprint density at radius 3 is 2.96 bits per heavy atom. The molecule has 0 spiro atoms. The van der Waals surface area contributed by atoms with Gasteiger partial charge in [-0.25, -0.2) is 4.68 Å². The number of nitrogens with zero attached hydrogens (tertiary/aromatic N) is 4. The molecule has 2 aromatic rings. The summed E-state index contributed by atoms with van der Waals surface area (Å²) in [5, 5.41) is 9.52. The summed E-state index contributed by atoms with van der Waals surface area (Å²) in [6.45, 7) is 4.92. The van der Waals surface area contributed by atoms with Crippen LogP contribution in [0.1, 0.15) is 18.5 Å². The molecule has 0 aliphatic carbocycles. The zero-order valence-corrected chi connectivity index (χ0v) is 14.9. The standard InChI is InChI=1S/C17H20Cl2N4O/c18-15-2-1-3-16(17(15)19)23-10-14(20-21-23)9-22-6-4-12(8-22)13-5-7-24-11-13/h1-3,10,12-13H,4-9,11H2. The molecule has 3 heterocycles. The van der Waals surface area contributed by atoms with Crippen LogP contribution in [0.5, 0.6) is 0 Å². The lowest BCUT2D eigenvalue weighted by molar-refractivity contribution is 0.171. The molecule has 0 N–H and O–H groups in total. The van der Waals surface area contributed by atoms with E-state index in [1.807, 2.05) is 18.3 Å². The minimum Gasteiger partial charge on any atom is -0.381 e. The van der Waals surface area contributed by atoms with E-state index in [2.05, 4.69) is 15.2 Å². The summed E-state index contributed by atoms with van der Waals surface area (Å²) < 4.78 is 7.23. The maximum Gasteiger partial charge on any atom is 0.0971 e. The van der Waals surface area contributed by atoms with Crippen molar-refractivity contribution in [3.63, 3.8) is 0 Å². The molecular weight excluding hydrogens is 347 g/mol. The third kappa shape index (κ3) is 3.31. The normalized spacial score (nSPS) is 24.8. The second-order valence-electron chi connectivity index (χ2n) is 6.63. The average molecular weight is 367 g/mol. The fraction of sp³-hybridized carbons (Fsp3) is 0.529. The number of rotatable bonds is 4. The van der Waals surface area contributed by atoms with Crippen molar-refractivity contribution in [1.82, 2.24) is 19.9 Å². The van der Waals surface area contributed by atoms with Crippen molar-refractivity contribution < 1.29 is 4.74 Å². The number of likely N-dealkylation sites (tertiary alicyclic amines) is 1. The molecule has 2 aliphatic heterocycles. The van der Waals surface area contributed by atoms with Crippen LogP contribution in [0, 0.1) is 11.8 Å². The fourth-order valence-electron chi connectivity index (χ4n) is 3.70. The molecule has 0 saturated carbocycles. The predicted molar refractivity (Wildman–Crippen MR) is 93.7 cm³/mol. The lowest BCUT2D eigenvalue weighted by Crippen LogP contribution is -2.23. The minimum atomic E-state index is 0.498. The summed E-state index contributed by atoms with van der Waals surface area (Å²) in [6, 6.07) is 5.51. The van der Waals surface area contributed by atoms with Crippen molar-refractivity contribution in [3.8, 4) is 5.69 Å². The first kappa shape index (κ1) is 16.3. The van der Waals surface area contributed by atoms with E-state index < -0.39 is 0 Å². The summed E-state index contributed by atoms with van der Waals surface area (Å²) >= 11 is 12.3. The number of ether oxygens (including phenoxy) is 1. The molecule has 1 aromatic carbocycles. The van der Waals surface area contributed by atoms with Crippen LogP contribution in [-0.2, 0) is 11.3 Å². The summed E-state index contributed by atoms with van der Waals surface area (Å²) in [6.07, 6.45) is 4.40. The van der Waals surface area contributed by atoms with Gasteiger partial charge in [0.1, 0.15) is 0 Å². The van der Waals surface area contributed by atoms with E-state index in [-0.39, 0.29) is 0 Å². The van der Waals surface area contributed by atoms with E-state index >= 15 is 0 Å². The molecule has 2 unspecified atom stereocenters. The predicted octanol–water partition coefficient (Wildman–Crippen LogP) is 3.43. The quantitative estimate of drug-likeness (QED) is 0.831. The van der Waals surface area contributed by atoms with Crippen LogP contribution >= 0.6 is 23.2 Å². The smallest absolute Gasteiger partial charge is 0.0971 e. The zero-order chi connectivity index (χ0) is 16.5. The maximum absolute atomic E-state index is 6.26. The first-order valence-electron chi connectivity index (χ1n) is 8.36. The molecule has 4 rings (SSSR count). The average Bonchev–Trinajstić information content (AvgIpc) is 3.31. The van der Waals surface area contributed by atoms with Gasteiger partial charge < -0.3 is 4.74 Å². The monoisotopic (exact) mass is 366 g/mol. The third-order valence-corrected chi connectivity index (χ3v) is 5.85. The Bertz CT molecular complexity index is 714. The van der Waals surface area contributed by atoms with Crippen molar-refractivity contribution >= 4 is 23.2 Å². The van der Waals surface area contributed by atoms with Crippen molar-refractivity contribution in [2.75, 3.05) is 26.3 Å². The largest absolute Gasteiger partial charge is 0.381 e. The second kappa shape index (κ2) is 7.00. The molecule has 0 amide bonds. The highest BCUT2D eigenvalue weighted by Gasteiger charge is 2.31. The number of halogens is 2. The second-order valence-corrected chi connectivity index (χ2v) is 7.42. The van der Waals surface area contributed by atoms with Gasteiger partial charge in [-0.2, -0.15) is 0 Å². The van der Waals surface area contributed by atoms with E-state index in [1.165, 1.54) is 12.8 Å². The van der Waals surface area contributed by atoms with E-state index in [1.54, 1.807) is 10.7 Å². The van der Waals surface area contributed by atoms with Gasteiger partial charge in [-0.3, -0.25) is 4.90 Å². The van der Waals surface area contributed by atoms with Crippen LogP contribution in [0.25, 0.3) is 5.69 Å². The van der Waals surface area contributed by atoms with Crippen molar-refractivity contribution in [1.29, 1.82) is 0 Å². The molecule has 2 fully saturated rings. The highest BCUT2D eigenvalue weighted by atomic mass is 35.5. The molecule has 2 atom stereocenters. The molecule has 2 aliphatic rings. The molecule has 0 radical (unpaired) electrons. The lowest BCUT2D eigenvalue weighted by Gasteiger charge is -2.17. The number of hydrogen-bond donors (Lipinski definition) is 0. The number of benzene rings is 1. The Hall–Kier alpha value is -1.14. The van der Waals surface area contributed by atoms with Crippen molar-refractivity contribution in [3.05, 3.63) is 40.1 Å². The van der Waals surface area contributed by atoms with Gasteiger partial charge in [-0.15, -0.1) is 5.10 Å². The van der Waals surface area contributed by atoms with Gasteiger partial charge in [-0.1, -0.05) is 34.5 Å². The summed E-state index contributed by atoms with van der Waals surface area (Å²) in [5.41, 5.74) is 1.71. The molecule has 7 heteroatoms. The van der Waals surface area contributed by atoms with E-state index in [9.17, 15) is 0 Å². The first-order valence-corrected chi connectivity index (χ1v) is 9.12. The zero-order valence-electron chi connectivity index (χ0n) is 13.4. The molecule has 2 saturated heterocycles. The molecule has 5 nitrogen and oxygen atoms in total. The van der Waals surface area contributed by atoms with Gasteiger partial charge in [0.2, 0.25) is 0 Å². The minimum absolute atomic E-state index is 0.498. The Morgan fingerprint density at radius 1 is 1.21 bits per heavy atom. The first-order chi connectivity index (χ1) is 11.7. The van der Waals surface area contributed by atoms with E-state index in [0.29, 0.717) is 10.0 Å². The molecule has 128 valence electrons. The van der Waals surface area contributed by atoms with Crippen LogP contribution in [0.2, 0.25) is 10.0 Å². The van der Waals surface area contributed by atoms with E-state index in [0.717, 1.165) is 56.1 Å². The Kier molecular flexibility index (Phi) is 4.77. The van der Waals surface area contributed by atoms with Crippen LogP contribution in [0.3, 0.4) is 0 Å². The van der Waals surface area contributed by atoms with Gasteiger partial charge in [0.05, 0.1) is 27.6 Å². The van der Waals surface area contributed by atoms with Crippen molar-refractivity contribution in [2.24, 2.45) is 11.8 Å². The number of aromatic nitrogens is 3. The van der Waals surface area contributed by atoms with Gasteiger partial charge in [0.25, 0.3) is 0 Å². The summed E-state index contributed by atoms with van der Waals surface area (Å²) in [7, 11) is 0. The molecule has 1 aromatic heterocycles. The van der Waals surface area contributed by atoms with Crippen LogP contribution in [0.4, 0.5) is 0 Å². The summed E-state index contributed by atoms with van der Waals surface area (Å²) in [5.74, 6) is 1.49. The highest BCUT2D eigenvalue weighted by Crippen LogP contribution is 2.31. The van der Waals surface area contributed by atoms with E-state index in [4.69, 9.17) is 27.9 Å². The van der Waals surface area contributed by atoms with Crippen LogP contribution in [0.15, 0.2) is 24.4 Å². The topological polar surface area (TPSA) is 43.2 Å². The lowest BCUT2D eigenvalue weighted by atomic mass is 9.91. The van der Waals surface area contributed by atoms with Crippen molar-refractivity contribution in [2.45, 2.75) is 19.4 Å². The summed E-state index contributed by atoms with van der Waals surface area (Å²) in [4.78, 5) is 2.46. The Labute approximate surface area is 151 Å². The SMILES string of the molecule is Clc1cccc(-n2cc(CN3CCC(C4CCOC4)C3)nn2)c1Cl. The van der Waals surface area contributed by atoms with Gasteiger partial charge in [-0.05, 0) is 43.4 Å². The Balaban J connectivity index is 1.41. The molecule has 24 heavy (non-hydrogen) atoms. The van der Waals surface area contributed by atoms with Crippen LogP contribution in [-0.4, -0.2) is 46.2 Å². The number of hydrogen-bond acceptors (Lipinski definition) is 4. The van der Waals surface area contributed by atoms with Crippen LogP contribution < -0.4 is 0 Å². The fourth-order valence-corrected chi connectivity index (χ4v) is 4.08. The molecular formula is C17H20Cl2N4O. The highest BCUT2D eigenvalue weighted by molar-refractivity contribution is 6.43. The van der Waals surface area contributed by atoms with Gasteiger partial charge >= 0.3 is 0 Å². The maximum atomic E-state index is 6.26. The van der Waals surface area contributed by atoms with Gasteiger partial charge in [0, 0.05) is 26.3 Å². The Morgan fingerprint density at radius 2 is 2.12 bits per heavy atom. The molecule has 0 bridgehead atoms. The third-order valence-electron chi connectivity index (χ3n) is 5.04.